The minimum Gasteiger partial charge on any atom is -0.323 e. The van der Waals surface area contributed by atoms with Gasteiger partial charge in [-0.3, -0.25) is 4.79 Å². The van der Waals surface area contributed by atoms with Gasteiger partial charge in [0.2, 0.25) is 0 Å². The highest BCUT2D eigenvalue weighted by molar-refractivity contribution is 7.99. The molecule has 2 nitrogen and oxygen atoms in total. The van der Waals surface area contributed by atoms with Crippen molar-refractivity contribution < 1.29 is 4.79 Å². The molecule has 1 aliphatic carbocycles. The number of hydrogen-bond acceptors (Lipinski definition) is 2. The molecular formula is C19H25NOS. The first-order valence-electron chi connectivity index (χ1n) is 8.49. The van der Waals surface area contributed by atoms with Crippen LogP contribution >= 0.6 is 11.8 Å². The van der Waals surface area contributed by atoms with Crippen LogP contribution in [0.25, 0.3) is 0 Å². The Morgan fingerprint density at radius 1 is 1.18 bits per heavy atom. The summed E-state index contributed by atoms with van der Waals surface area (Å²) in [5.41, 5.74) is 3.93. The summed E-state index contributed by atoms with van der Waals surface area (Å²) in [6.45, 7) is 3.11. The number of carbonyl (C=O) groups excluding carboxylic acids is 1. The van der Waals surface area contributed by atoms with Crippen LogP contribution in [0.5, 0.6) is 0 Å². The van der Waals surface area contributed by atoms with Crippen LogP contribution in [0.1, 0.15) is 51.0 Å². The van der Waals surface area contributed by atoms with Crippen molar-refractivity contribution in [2.75, 3.05) is 6.54 Å². The Kier molecular flexibility index (Phi) is 5.24. The van der Waals surface area contributed by atoms with Crippen molar-refractivity contribution in [1.29, 1.82) is 0 Å². The fourth-order valence-electron chi connectivity index (χ4n) is 3.40. The van der Waals surface area contributed by atoms with Crippen molar-refractivity contribution in [1.82, 2.24) is 4.90 Å². The predicted molar refractivity (Wildman–Crippen MR) is 93.6 cm³/mol. The maximum absolute atomic E-state index is 12.7. The number of rotatable bonds is 6. The Balaban J connectivity index is 1.74. The van der Waals surface area contributed by atoms with Crippen molar-refractivity contribution in [2.24, 2.45) is 0 Å². The summed E-state index contributed by atoms with van der Waals surface area (Å²) >= 11 is 1.93. The van der Waals surface area contributed by atoms with Crippen LogP contribution in [0.2, 0.25) is 0 Å². The second-order valence-electron chi connectivity index (χ2n) is 6.21. The molecule has 0 radical (unpaired) electrons. The molecule has 1 aromatic rings. The van der Waals surface area contributed by atoms with Crippen molar-refractivity contribution in [3.05, 3.63) is 47.0 Å². The van der Waals surface area contributed by atoms with Crippen LogP contribution in [0, 0.1) is 0 Å². The van der Waals surface area contributed by atoms with Gasteiger partial charge < -0.3 is 4.90 Å². The van der Waals surface area contributed by atoms with E-state index in [1.165, 1.54) is 24.0 Å². The van der Waals surface area contributed by atoms with Crippen LogP contribution in [-0.4, -0.2) is 22.7 Å². The fraction of sp³-hybridized carbons (Fsp3) is 0.526. The molecule has 1 aromatic carbocycles. The summed E-state index contributed by atoms with van der Waals surface area (Å²) in [5, 5.41) is 0.287. The number of amides is 1. The highest BCUT2D eigenvalue weighted by Crippen LogP contribution is 2.42. The van der Waals surface area contributed by atoms with E-state index in [1.807, 2.05) is 11.8 Å². The molecule has 0 saturated carbocycles. The second kappa shape index (κ2) is 7.36. The first kappa shape index (κ1) is 15.7. The topological polar surface area (TPSA) is 20.3 Å². The molecule has 0 fully saturated rings. The third-order valence-corrected chi connectivity index (χ3v) is 5.97. The van der Waals surface area contributed by atoms with E-state index < -0.39 is 0 Å². The standard InChI is InChI=1S/C19H25NOS/c1-2-3-13-20-18(21)16-11-7-8-12-17(16)19(20)22-14-15-9-5-4-6-10-15/h4-6,9-10,19H,2-3,7-8,11-14H2,1H3/t19-/m0/s1. The van der Waals surface area contributed by atoms with Gasteiger partial charge in [0.25, 0.3) is 5.91 Å². The lowest BCUT2D eigenvalue weighted by atomic mass is 9.94. The lowest BCUT2D eigenvalue weighted by molar-refractivity contribution is -0.126. The van der Waals surface area contributed by atoms with Gasteiger partial charge in [0.15, 0.2) is 0 Å². The lowest BCUT2D eigenvalue weighted by Crippen LogP contribution is -2.34. The summed E-state index contributed by atoms with van der Waals surface area (Å²) in [6, 6.07) is 10.6. The number of nitrogens with zero attached hydrogens (tertiary/aromatic N) is 1. The molecule has 3 rings (SSSR count). The molecule has 2 aliphatic rings. The third kappa shape index (κ3) is 3.24. The van der Waals surface area contributed by atoms with E-state index in [9.17, 15) is 4.79 Å². The SMILES string of the molecule is CCCCN1C(=O)C2=C(CCCC2)[C@@H]1SCc1ccccc1. The van der Waals surface area contributed by atoms with Crippen molar-refractivity contribution >= 4 is 17.7 Å². The van der Waals surface area contributed by atoms with E-state index in [0.29, 0.717) is 5.91 Å². The first-order valence-corrected chi connectivity index (χ1v) is 9.54. The average Bonchev–Trinajstić information content (AvgIpc) is 2.84. The van der Waals surface area contributed by atoms with Gasteiger partial charge >= 0.3 is 0 Å². The molecule has 0 unspecified atom stereocenters. The molecule has 0 bridgehead atoms. The van der Waals surface area contributed by atoms with Gasteiger partial charge in [-0.1, -0.05) is 43.7 Å². The van der Waals surface area contributed by atoms with Gasteiger partial charge in [0.1, 0.15) is 5.37 Å². The van der Waals surface area contributed by atoms with Crippen LogP contribution in [-0.2, 0) is 10.5 Å². The van der Waals surface area contributed by atoms with Gasteiger partial charge in [-0.2, -0.15) is 0 Å². The molecular weight excluding hydrogens is 290 g/mol. The van der Waals surface area contributed by atoms with E-state index >= 15 is 0 Å². The zero-order valence-corrected chi connectivity index (χ0v) is 14.2. The maximum Gasteiger partial charge on any atom is 0.250 e. The summed E-state index contributed by atoms with van der Waals surface area (Å²) in [7, 11) is 0. The van der Waals surface area contributed by atoms with E-state index in [0.717, 1.165) is 43.6 Å². The number of benzene rings is 1. The fourth-order valence-corrected chi connectivity index (χ4v) is 4.79. The Morgan fingerprint density at radius 2 is 1.95 bits per heavy atom. The van der Waals surface area contributed by atoms with E-state index in [2.05, 4.69) is 42.2 Å². The minimum absolute atomic E-state index is 0.287. The molecule has 0 spiro atoms. The van der Waals surface area contributed by atoms with Crippen molar-refractivity contribution in [3.8, 4) is 0 Å². The zero-order chi connectivity index (χ0) is 15.4. The number of thioether (sulfide) groups is 1. The minimum atomic E-state index is 0.287. The average molecular weight is 315 g/mol. The molecule has 1 heterocycles. The maximum atomic E-state index is 12.7. The highest BCUT2D eigenvalue weighted by atomic mass is 32.2. The van der Waals surface area contributed by atoms with Gasteiger partial charge in [-0.15, -0.1) is 11.8 Å². The summed E-state index contributed by atoms with van der Waals surface area (Å²) in [5.74, 6) is 1.31. The van der Waals surface area contributed by atoms with E-state index in [4.69, 9.17) is 0 Å². The lowest BCUT2D eigenvalue weighted by Gasteiger charge is -2.27. The summed E-state index contributed by atoms with van der Waals surface area (Å²) in [4.78, 5) is 14.9. The summed E-state index contributed by atoms with van der Waals surface area (Å²) < 4.78 is 0. The summed E-state index contributed by atoms with van der Waals surface area (Å²) in [6.07, 6.45) is 6.80. The largest absolute Gasteiger partial charge is 0.323 e. The molecule has 3 heteroatoms. The Hall–Kier alpha value is -1.22. The van der Waals surface area contributed by atoms with Gasteiger partial charge in [0.05, 0.1) is 0 Å². The van der Waals surface area contributed by atoms with Crippen LogP contribution in [0.4, 0.5) is 0 Å². The van der Waals surface area contributed by atoms with Crippen LogP contribution < -0.4 is 0 Å². The predicted octanol–water partition coefficient (Wildman–Crippen LogP) is 4.76. The normalized spacial score (nSPS) is 21.4. The Morgan fingerprint density at radius 3 is 2.73 bits per heavy atom. The molecule has 0 saturated heterocycles. The molecule has 1 atom stereocenters. The van der Waals surface area contributed by atoms with Crippen molar-refractivity contribution in [3.63, 3.8) is 0 Å². The monoisotopic (exact) mass is 315 g/mol. The molecule has 22 heavy (non-hydrogen) atoms. The van der Waals surface area contributed by atoms with Gasteiger partial charge in [-0.25, -0.2) is 0 Å². The van der Waals surface area contributed by atoms with Crippen LogP contribution in [0.3, 0.4) is 0 Å². The third-order valence-electron chi connectivity index (χ3n) is 4.61. The smallest absolute Gasteiger partial charge is 0.250 e. The molecule has 1 aliphatic heterocycles. The zero-order valence-electron chi connectivity index (χ0n) is 13.4. The number of carbonyl (C=O) groups is 1. The molecule has 118 valence electrons. The van der Waals surface area contributed by atoms with Crippen LogP contribution in [0.15, 0.2) is 41.5 Å². The Labute approximate surface area is 138 Å². The van der Waals surface area contributed by atoms with E-state index in [1.54, 1.807) is 0 Å². The van der Waals surface area contributed by atoms with Gasteiger partial charge in [0, 0.05) is 17.9 Å². The molecule has 0 N–H and O–H groups in total. The quantitative estimate of drug-likeness (QED) is 0.754. The van der Waals surface area contributed by atoms with Crippen molar-refractivity contribution in [2.45, 2.75) is 56.6 Å². The molecule has 0 aromatic heterocycles. The Bertz CT molecular complexity index is 552. The second-order valence-corrected chi connectivity index (χ2v) is 7.28. The molecule has 1 amide bonds. The van der Waals surface area contributed by atoms with E-state index in [-0.39, 0.29) is 5.37 Å². The number of unbranched alkanes of at least 4 members (excludes halogenated alkanes) is 1. The van der Waals surface area contributed by atoms with Gasteiger partial charge in [-0.05, 0) is 43.2 Å². The number of hydrogen-bond donors (Lipinski definition) is 0. The highest BCUT2D eigenvalue weighted by Gasteiger charge is 2.39. The first-order chi connectivity index (χ1) is 10.8.